The Balaban J connectivity index is 1.45. The molecular weight excluding hydrogens is 448 g/mol. The lowest BCUT2D eigenvalue weighted by molar-refractivity contribution is -0.143. The lowest BCUT2D eigenvalue weighted by atomic mass is 9.98. The molecule has 3 aromatic rings. The fourth-order valence-corrected chi connectivity index (χ4v) is 4.38. The van der Waals surface area contributed by atoms with Crippen molar-refractivity contribution in [2.45, 2.75) is 38.3 Å². The quantitative estimate of drug-likeness (QED) is 0.375. The van der Waals surface area contributed by atoms with Gasteiger partial charge in [0, 0.05) is 24.2 Å². The van der Waals surface area contributed by atoms with Crippen LogP contribution in [0.2, 0.25) is 0 Å². The first-order chi connectivity index (χ1) is 16.8. The van der Waals surface area contributed by atoms with E-state index in [9.17, 15) is 19.5 Å². The van der Waals surface area contributed by atoms with Gasteiger partial charge in [0.1, 0.15) is 18.7 Å². The number of amides is 2. The fourth-order valence-electron chi connectivity index (χ4n) is 4.38. The highest BCUT2D eigenvalue weighted by molar-refractivity contribution is 5.89. The van der Waals surface area contributed by atoms with Gasteiger partial charge in [0.05, 0.1) is 6.33 Å². The van der Waals surface area contributed by atoms with Gasteiger partial charge in [0.15, 0.2) is 0 Å². The zero-order valence-electron chi connectivity index (χ0n) is 19.5. The van der Waals surface area contributed by atoms with Crippen LogP contribution >= 0.6 is 0 Å². The molecule has 0 unspecified atom stereocenters. The van der Waals surface area contributed by atoms with Crippen LogP contribution in [0.5, 0.6) is 0 Å². The van der Waals surface area contributed by atoms with Crippen LogP contribution in [0.4, 0.5) is 4.79 Å². The standard InChI is InChI=1S/C26H28N4O5/c1-15(2)23(25(32)33)30-24(31)22(11-16-12-27-14-28-16)29-26(34)35-13-21-19-9-5-3-7-17(19)18-8-4-6-10-20(18)21/h3-10,12,14-15,21-23H,11,13H2,1-2H3,(H,27,28)(H,29,34)(H,30,31)(H,32,33)/t22-,23+/m0/s1. The van der Waals surface area contributed by atoms with E-state index in [1.165, 1.54) is 12.5 Å². The summed E-state index contributed by atoms with van der Waals surface area (Å²) in [6.45, 7) is 3.49. The number of benzene rings is 2. The SMILES string of the molecule is CC(C)[C@@H](NC(=O)[C@H](Cc1cnc[nH]1)NC(=O)OCC1c2ccccc2-c2ccccc21)C(=O)O. The van der Waals surface area contributed by atoms with Crippen molar-refractivity contribution in [2.24, 2.45) is 5.92 Å². The molecule has 0 aliphatic heterocycles. The molecule has 2 aromatic carbocycles. The van der Waals surface area contributed by atoms with Gasteiger partial charge in [-0.3, -0.25) is 4.79 Å². The molecular formula is C26H28N4O5. The molecule has 0 spiro atoms. The lowest BCUT2D eigenvalue weighted by Crippen LogP contribution is -2.54. The van der Waals surface area contributed by atoms with E-state index in [2.05, 4.69) is 20.6 Å². The van der Waals surface area contributed by atoms with Crippen LogP contribution in [0.15, 0.2) is 61.1 Å². The maximum atomic E-state index is 12.9. The second-order valence-electron chi connectivity index (χ2n) is 8.87. The van der Waals surface area contributed by atoms with E-state index in [1.54, 1.807) is 13.8 Å². The monoisotopic (exact) mass is 476 g/mol. The Bertz CT molecular complexity index is 1160. The molecule has 0 saturated heterocycles. The fraction of sp³-hybridized carbons (Fsp3) is 0.308. The molecule has 1 heterocycles. The molecule has 2 amide bonds. The first kappa shape index (κ1) is 24.0. The van der Waals surface area contributed by atoms with E-state index in [0.717, 1.165) is 22.3 Å². The van der Waals surface area contributed by atoms with Crippen molar-refractivity contribution in [2.75, 3.05) is 6.61 Å². The molecule has 0 saturated carbocycles. The second kappa shape index (κ2) is 10.4. The van der Waals surface area contributed by atoms with Gasteiger partial charge in [-0.25, -0.2) is 14.6 Å². The van der Waals surface area contributed by atoms with Crippen molar-refractivity contribution < 1.29 is 24.2 Å². The highest BCUT2D eigenvalue weighted by Crippen LogP contribution is 2.44. The molecule has 0 bridgehead atoms. The van der Waals surface area contributed by atoms with E-state index in [-0.39, 0.29) is 24.9 Å². The number of hydrogen-bond donors (Lipinski definition) is 4. The molecule has 0 radical (unpaired) electrons. The molecule has 2 atom stereocenters. The zero-order valence-corrected chi connectivity index (χ0v) is 19.5. The first-order valence-corrected chi connectivity index (χ1v) is 11.5. The van der Waals surface area contributed by atoms with E-state index >= 15 is 0 Å². The van der Waals surface area contributed by atoms with E-state index < -0.39 is 30.1 Å². The predicted octanol–water partition coefficient (Wildman–Crippen LogP) is 3.08. The summed E-state index contributed by atoms with van der Waals surface area (Å²) < 4.78 is 5.57. The molecule has 1 aromatic heterocycles. The van der Waals surface area contributed by atoms with Crippen LogP contribution in [-0.4, -0.2) is 51.7 Å². The number of nitrogens with zero attached hydrogens (tertiary/aromatic N) is 1. The smallest absolute Gasteiger partial charge is 0.407 e. The largest absolute Gasteiger partial charge is 0.480 e. The number of imidazole rings is 1. The lowest BCUT2D eigenvalue weighted by Gasteiger charge is -2.23. The minimum atomic E-state index is -1.14. The summed E-state index contributed by atoms with van der Waals surface area (Å²) in [6.07, 6.45) is 2.34. The summed E-state index contributed by atoms with van der Waals surface area (Å²) in [5, 5.41) is 14.5. The predicted molar refractivity (Wildman–Crippen MR) is 129 cm³/mol. The minimum absolute atomic E-state index is 0.0977. The normalized spacial score (nSPS) is 14.0. The van der Waals surface area contributed by atoms with Gasteiger partial charge in [-0.1, -0.05) is 62.4 Å². The first-order valence-electron chi connectivity index (χ1n) is 11.5. The number of carboxylic acids is 1. The number of aromatic amines is 1. The number of aliphatic carboxylic acids is 1. The maximum absolute atomic E-state index is 12.9. The summed E-state index contributed by atoms with van der Waals surface area (Å²) in [5.41, 5.74) is 4.99. The third kappa shape index (κ3) is 5.34. The van der Waals surface area contributed by atoms with Gasteiger partial charge < -0.3 is 25.5 Å². The Hall–Kier alpha value is -4.14. The summed E-state index contributed by atoms with van der Waals surface area (Å²) in [7, 11) is 0. The van der Waals surface area contributed by atoms with E-state index in [1.807, 2.05) is 48.5 Å². The molecule has 35 heavy (non-hydrogen) atoms. The molecule has 0 fully saturated rings. The molecule has 9 heteroatoms. The van der Waals surface area contributed by atoms with Gasteiger partial charge >= 0.3 is 12.1 Å². The van der Waals surface area contributed by atoms with Crippen molar-refractivity contribution in [1.29, 1.82) is 0 Å². The highest BCUT2D eigenvalue weighted by atomic mass is 16.5. The second-order valence-corrected chi connectivity index (χ2v) is 8.87. The number of hydrogen-bond acceptors (Lipinski definition) is 5. The Morgan fingerprint density at radius 1 is 1.03 bits per heavy atom. The number of carboxylic acid groups (broad SMARTS) is 1. The topological polar surface area (TPSA) is 133 Å². The van der Waals surface area contributed by atoms with Crippen LogP contribution in [0.3, 0.4) is 0 Å². The van der Waals surface area contributed by atoms with Gasteiger partial charge in [-0.05, 0) is 28.2 Å². The zero-order chi connectivity index (χ0) is 24.9. The number of carbonyl (C=O) groups is 3. The molecule has 9 nitrogen and oxygen atoms in total. The number of nitrogens with one attached hydrogen (secondary N) is 3. The average Bonchev–Trinajstić information content (AvgIpc) is 3.46. The van der Waals surface area contributed by atoms with Crippen molar-refractivity contribution in [3.8, 4) is 11.1 Å². The van der Waals surface area contributed by atoms with E-state index in [0.29, 0.717) is 5.69 Å². The van der Waals surface area contributed by atoms with Crippen LogP contribution in [0.1, 0.15) is 36.6 Å². The molecule has 4 rings (SSSR count). The summed E-state index contributed by atoms with van der Waals surface area (Å²) in [4.78, 5) is 44.1. The number of fused-ring (bicyclic) bond motifs is 3. The Labute approximate surface area is 202 Å². The Morgan fingerprint density at radius 3 is 2.20 bits per heavy atom. The Kier molecular flexibility index (Phi) is 7.14. The van der Waals surface area contributed by atoms with E-state index in [4.69, 9.17) is 4.74 Å². The molecule has 1 aliphatic rings. The van der Waals surface area contributed by atoms with Crippen LogP contribution < -0.4 is 10.6 Å². The number of rotatable bonds is 9. The molecule has 182 valence electrons. The molecule has 4 N–H and O–H groups in total. The van der Waals surface area contributed by atoms with Crippen LogP contribution in [0, 0.1) is 5.92 Å². The van der Waals surface area contributed by atoms with Crippen LogP contribution in [0.25, 0.3) is 11.1 Å². The number of alkyl carbamates (subject to hydrolysis) is 1. The highest BCUT2D eigenvalue weighted by Gasteiger charge is 2.31. The minimum Gasteiger partial charge on any atom is -0.480 e. The number of H-pyrrole nitrogens is 1. The van der Waals surface area contributed by atoms with Crippen LogP contribution in [-0.2, 0) is 20.7 Å². The van der Waals surface area contributed by atoms with Crippen molar-refractivity contribution in [3.05, 3.63) is 77.9 Å². The summed E-state index contributed by atoms with van der Waals surface area (Å²) >= 11 is 0. The van der Waals surface area contributed by atoms with Gasteiger partial charge in [-0.2, -0.15) is 0 Å². The Morgan fingerprint density at radius 2 is 1.66 bits per heavy atom. The maximum Gasteiger partial charge on any atom is 0.407 e. The third-order valence-corrected chi connectivity index (χ3v) is 6.16. The summed E-state index contributed by atoms with van der Waals surface area (Å²) in [6, 6.07) is 13.9. The number of carbonyl (C=O) groups excluding carboxylic acids is 2. The number of aromatic nitrogens is 2. The van der Waals surface area contributed by atoms with Gasteiger partial charge in [0.2, 0.25) is 5.91 Å². The summed E-state index contributed by atoms with van der Waals surface area (Å²) in [5.74, 6) is -2.21. The third-order valence-electron chi connectivity index (χ3n) is 6.16. The average molecular weight is 477 g/mol. The van der Waals surface area contributed by atoms with Crippen molar-refractivity contribution >= 4 is 18.0 Å². The van der Waals surface area contributed by atoms with Crippen molar-refractivity contribution in [1.82, 2.24) is 20.6 Å². The van der Waals surface area contributed by atoms with Gasteiger partial charge in [-0.15, -0.1) is 0 Å². The van der Waals surface area contributed by atoms with Crippen molar-refractivity contribution in [3.63, 3.8) is 0 Å². The van der Waals surface area contributed by atoms with Gasteiger partial charge in [0.25, 0.3) is 0 Å². The molecule has 1 aliphatic carbocycles. The number of ether oxygens (including phenoxy) is 1.